The van der Waals surface area contributed by atoms with Gasteiger partial charge in [0.25, 0.3) is 10.1 Å². The van der Waals surface area contributed by atoms with E-state index in [2.05, 4.69) is 38.2 Å². The molecular formula is C53H98O12S. The number of aliphatic hydroxyl groups excluding tert-OH is 3. The third-order valence-corrected chi connectivity index (χ3v) is 13.3. The highest BCUT2D eigenvalue weighted by Gasteiger charge is 2.46. The van der Waals surface area contributed by atoms with Gasteiger partial charge < -0.3 is 34.3 Å². The van der Waals surface area contributed by atoms with Gasteiger partial charge in [0.1, 0.15) is 36.8 Å². The van der Waals surface area contributed by atoms with E-state index in [-0.39, 0.29) is 19.4 Å². The van der Waals surface area contributed by atoms with E-state index in [0.717, 1.165) is 51.4 Å². The lowest BCUT2D eigenvalue weighted by Gasteiger charge is -2.40. The lowest BCUT2D eigenvalue weighted by Crippen LogP contribution is -2.60. The maximum Gasteiger partial charge on any atom is 0.306 e. The molecule has 1 fully saturated rings. The Morgan fingerprint density at radius 3 is 1.26 bits per heavy atom. The molecule has 13 heteroatoms. The number of carbonyl (C=O) groups excluding carboxylic acids is 2. The van der Waals surface area contributed by atoms with Crippen LogP contribution in [-0.4, -0.2) is 96.0 Å². The van der Waals surface area contributed by atoms with Gasteiger partial charge in [-0.15, -0.1) is 0 Å². The van der Waals surface area contributed by atoms with Gasteiger partial charge in [0.2, 0.25) is 0 Å². The second-order valence-electron chi connectivity index (χ2n) is 18.9. The molecule has 2 unspecified atom stereocenters. The number of allylic oxidation sites excluding steroid dienone is 4. The van der Waals surface area contributed by atoms with Gasteiger partial charge in [0, 0.05) is 12.8 Å². The zero-order valence-corrected chi connectivity index (χ0v) is 42.6. The summed E-state index contributed by atoms with van der Waals surface area (Å²) in [4.78, 5) is 25.6. The molecule has 0 bridgehead atoms. The monoisotopic (exact) mass is 959 g/mol. The first-order valence-corrected chi connectivity index (χ1v) is 28.5. The summed E-state index contributed by atoms with van der Waals surface area (Å²) in [5.41, 5.74) is 0. The molecule has 1 heterocycles. The van der Waals surface area contributed by atoms with E-state index in [0.29, 0.717) is 12.8 Å². The maximum absolute atomic E-state index is 12.9. The summed E-state index contributed by atoms with van der Waals surface area (Å²) in [6.45, 7) is 3.79. The molecule has 1 aliphatic heterocycles. The van der Waals surface area contributed by atoms with E-state index in [1.165, 1.54) is 154 Å². The molecule has 0 saturated carbocycles. The highest BCUT2D eigenvalue weighted by molar-refractivity contribution is 7.85. The SMILES string of the molecule is CCCCCCCC/C=C/CCCCCCCCCCCCCC(=O)OC[C@H](CO[C@H]1O[C@H](CS(=O)(=O)O)[C@@H](O)C(O)C1O)OC(=O)CCCCCCCCC/C=C/CCCCCCCC. The Kier molecular flexibility index (Phi) is 40.7. The van der Waals surface area contributed by atoms with Crippen molar-refractivity contribution >= 4 is 22.1 Å². The Morgan fingerprint density at radius 1 is 0.500 bits per heavy atom. The topological polar surface area (TPSA) is 186 Å². The van der Waals surface area contributed by atoms with Crippen LogP contribution in [0, 0.1) is 0 Å². The summed E-state index contributed by atoms with van der Waals surface area (Å²) in [7, 11) is -4.60. The van der Waals surface area contributed by atoms with E-state index >= 15 is 0 Å². The maximum atomic E-state index is 12.9. The van der Waals surface area contributed by atoms with Crippen molar-refractivity contribution in [2.24, 2.45) is 0 Å². The second-order valence-corrected chi connectivity index (χ2v) is 20.4. The zero-order chi connectivity index (χ0) is 48.4. The average Bonchev–Trinajstić information content (AvgIpc) is 3.28. The summed E-state index contributed by atoms with van der Waals surface area (Å²) in [6, 6.07) is 0. The summed E-state index contributed by atoms with van der Waals surface area (Å²) < 4.78 is 54.3. The van der Waals surface area contributed by atoms with E-state index in [4.69, 9.17) is 18.9 Å². The predicted molar refractivity (Wildman–Crippen MR) is 266 cm³/mol. The van der Waals surface area contributed by atoms with Crippen LogP contribution in [0.5, 0.6) is 0 Å². The lowest BCUT2D eigenvalue weighted by atomic mass is 10.00. The van der Waals surface area contributed by atoms with Crippen LogP contribution in [0.4, 0.5) is 0 Å². The molecule has 0 radical (unpaired) electrons. The molecule has 0 aromatic heterocycles. The second kappa shape index (κ2) is 43.2. The standard InChI is InChI=1S/C53H98O12S/c1-3-5-7-9-11-13-15-17-19-21-22-23-24-26-27-29-31-33-35-37-39-41-48(54)62-43-46(44-63-53-52(58)51(57)50(56)47(65-53)45-66(59,60)61)64-49(55)42-40-38-36-34-32-30-28-25-20-18-16-14-12-10-8-6-4-2/h17-20,46-47,50-53,56-58H,3-16,21-45H2,1-2H3,(H,59,60,61)/b19-17+,20-18+/t46-,47-,50-,51?,52?,53+/m1/s1. The van der Waals surface area contributed by atoms with Crippen LogP contribution in [0.25, 0.3) is 0 Å². The minimum Gasteiger partial charge on any atom is -0.462 e. The lowest BCUT2D eigenvalue weighted by molar-refractivity contribution is -0.297. The fourth-order valence-electron chi connectivity index (χ4n) is 8.32. The summed E-state index contributed by atoms with van der Waals surface area (Å²) in [6.07, 6.45) is 40.7. The summed E-state index contributed by atoms with van der Waals surface area (Å²) >= 11 is 0. The minimum atomic E-state index is -4.60. The number of carbonyl (C=O) groups is 2. The van der Waals surface area contributed by atoms with Crippen LogP contribution in [-0.2, 0) is 38.7 Å². The quantitative estimate of drug-likeness (QED) is 0.0196. The van der Waals surface area contributed by atoms with Gasteiger partial charge >= 0.3 is 11.9 Å². The highest BCUT2D eigenvalue weighted by Crippen LogP contribution is 2.24. The fourth-order valence-corrected chi connectivity index (χ4v) is 9.01. The minimum absolute atomic E-state index is 0.162. The average molecular weight is 959 g/mol. The van der Waals surface area contributed by atoms with Gasteiger partial charge in [-0.2, -0.15) is 8.42 Å². The Labute approximate surface area is 402 Å². The van der Waals surface area contributed by atoms with Crippen molar-refractivity contribution in [1.29, 1.82) is 0 Å². The van der Waals surface area contributed by atoms with Gasteiger partial charge in [-0.25, -0.2) is 0 Å². The Balaban J connectivity index is 2.34. The molecule has 12 nitrogen and oxygen atoms in total. The molecule has 0 spiro atoms. The number of hydrogen-bond donors (Lipinski definition) is 4. The molecule has 66 heavy (non-hydrogen) atoms. The van der Waals surface area contributed by atoms with Crippen molar-refractivity contribution in [1.82, 2.24) is 0 Å². The van der Waals surface area contributed by atoms with Crippen molar-refractivity contribution in [3.63, 3.8) is 0 Å². The molecule has 0 aromatic rings. The molecule has 388 valence electrons. The highest BCUT2D eigenvalue weighted by atomic mass is 32.2. The molecule has 0 aromatic carbocycles. The Morgan fingerprint density at radius 2 is 0.864 bits per heavy atom. The number of aliphatic hydroxyl groups is 3. The normalized spacial score (nSPS) is 19.5. The Bertz CT molecular complexity index is 1310. The third-order valence-electron chi connectivity index (χ3n) is 12.5. The molecule has 0 amide bonds. The first kappa shape index (κ1) is 62.1. The molecule has 1 aliphatic rings. The van der Waals surface area contributed by atoms with Gasteiger partial charge in [0.05, 0.1) is 6.61 Å². The van der Waals surface area contributed by atoms with Crippen LogP contribution in [0.3, 0.4) is 0 Å². The first-order chi connectivity index (χ1) is 32.0. The van der Waals surface area contributed by atoms with Gasteiger partial charge in [-0.1, -0.05) is 192 Å². The van der Waals surface area contributed by atoms with Crippen molar-refractivity contribution in [2.75, 3.05) is 19.0 Å². The van der Waals surface area contributed by atoms with Crippen molar-refractivity contribution in [3.05, 3.63) is 24.3 Å². The van der Waals surface area contributed by atoms with Gasteiger partial charge in [0.15, 0.2) is 12.4 Å². The number of esters is 2. The zero-order valence-electron chi connectivity index (χ0n) is 41.8. The van der Waals surface area contributed by atoms with E-state index in [1.807, 2.05) is 0 Å². The summed E-state index contributed by atoms with van der Waals surface area (Å²) in [5, 5.41) is 31.0. The first-order valence-electron chi connectivity index (χ1n) is 26.9. The number of unbranched alkanes of at least 4 members (excludes halogenated alkanes) is 30. The molecule has 1 rings (SSSR count). The molecule has 1 saturated heterocycles. The summed E-state index contributed by atoms with van der Waals surface area (Å²) in [5.74, 6) is -1.98. The van der Waals surface area contributed by atoms with Crippen molar-refractivity contribution in [2.45, 2.75) is 282 Å². The number of ether oxygens (including phenoxy) is 4. The van der Waals surface area contributed by atoms with Gasteiger partial charge in [-0.05, 0) is 64.2 Å². The Hall–Kier alpha value is -1.87. The van der Waals surface area contributed by atoms with Crippen LogP contribution < -0.4 is 0 Å². The molecule has 6 atom stereocenters. The van der Waals surface area contributed by atoms with Crippen LogP contribution >= 0.6 is 0 Å². The van der Waals surface area contributed by atoms with E-state index in [1.54, 1.807) is 0 Å². The molecular weight excluding hydrogens is 861 g/mol. The van der Waals surface area contributed by atoms with Crippen molar-refractivity contribution in [3.8, 4) is 0 Å². The predicted octanol–water partition coefficient (Wildman–Crippen LogP) is 12.3. The third kappa shape index (κ3) is 37.1. The largest absolute Gasteiger partial charge is 0.462 e. The number of rotatable bonds is 46. The van der Waals surface area contributed by atoms with E-state index < -0.39 is 71.2 Å². The molecule has 0 aliphatic carbocycles. The van der Waals surface area contributed by atoms with E-state index in [9.17, 15) is 37.9 Å². The van der Waals surface area contributed by atoms with Gasteiger partial charge in [-0.3, -0.25) is 14.1 Å². The van der Waals surface area contributed by atoms with Crippen molar-refractivity contribution < 1.29 is 56.8 Å². The smallest absolute Gasteiger partial charge is 0.306 e. The van der Waals surface area contributed by atoms with Crippen LogP contribution in [0.1, 0.15) is 245 Å². The van der Waals surface area contributed by atoms with Crippen LogP contribution in [0.2, 0.25) is 0 Å². The fraction of sp³-hybridized carbons (Fsp3) is 0.887. The number of hydrogen-bond acceptors (Lipinski definition) is 11. The molecule has 4 N–H and O–H groups in total. The van der Waals surface area contributed by atoms with Crippen LogP contribution in [0.15, 0.2) is 24.3 Å².